The molecule has 0 fully saturated rings. The van der Waals surface area contributed by atoms with Crippen LogP contribution in [0.4, 0.5) is 11.4 Å². The zero-order chi connectivity index (χ0) is 23.0. The third-order valence-electron chi connectivity index (χ3n) is 5.78. The van der Waals surface area contributed by atoms with Crippen molar-refractivity contribution in [2.45, 2.75) is 27.7 Å². The second-order valence-electron chi connectivity index (χ2n) is 8.00. The molecule has 0 atom stereocenters. The Labute approximate surface area is 193 Å². The predicted molar refractivity (Wildman–Crippen MR) is 131 cm³/mol. The molecule has 0 aliphatic carbocycles. The second-order valence-corrected chi connectivity index (χ2v) is 8.41. The topological polar surface area (TPSA) is 40.6 Å². The van der Waals surface area contributed by atoms with Crippen LogP contribution in [0.3, 0.4) is 0 Å². The molecule has 0 unspecified atom stereocenters. The van der Waals surface area contributed by atoms with Gasteiger partial charge in [-0.05, 0) is 68.7 Å². The highest BCUT2D eigenvalue weighted by Gasteiger charge is 2.43. The molecule has 0 saturated carbocycles. The van der Waals surface area contributed by atoms with Crippen LogP contribution in [0.5, 0.6) is 0 Å². The lowest BCUT2D eigenvalue weighted by molar-refractivity contribution is -0.120. The number of rotatable bonds is 5. The molecule has 5 heteroatoms. The fourth-order valence-corrected chi connectivity index (χ4v) is 4.31. The van der Waals surface area contributed by atoms with Crippen molar-refractivity contribution in [3.05, 3.63) is 99.7 Å². The molecule has 0 radical (unpaired) electrons. The van der Waals surface area contributed by atoms with Crippen molar-refractivity contribution in [2.75, 3.05) is 16.3 Å². The number of imide groups is 1. The van der Waals surface area contributed by atoms with Crippen LogP contribution >= 0.6 is 11.6 Å². The number of benzene rings is 3. The number of aryl methyl sites for hydroxylation is 3. The van der Waals surface area contributed by atoms with Gasteiger partial charge in [-0.3, -0.25) is 9.59 Å². The standard InChI is InChI=1S/C27H25ClN2O2/c1-5-29(20-9-7-6-8-10-20)25-24(22-14-11-17(2)15-19(22)4)26(31)30(27(25)32)21-13-12-18(3)23(28)16-21/h6-16H,5H2,1-4H3. The Kier molecular flexibility index (Phi) is 5.90. The van der Waals surface area contributed by atoms with Crippen molar-refractivity contribution in [1.29, 1.82) is 0 Å². The molecule has 0 spiro atoms. The summed E-state index contributed by atoms with van der Waals surface area (Å²) in [5, 5.41) is 0.514. The molecule has 0 saturated heterocycles. The summed E-state index contributed by atoms with van der Waals surface area (Å²) in [5.41, 5.74) is 5.82. The molecule has 0 aromatic heterocycles. The number of carbonyl (C=O) groups excluding carboxylic acids is 2. The summed E-state index contributed by atoms with van der Waals surface area (Å²) >= 11 is 6.33. The Hall–Kier alpha value is -3.37. The average molecular weight is 445 g/mol. The molecule has 3 aromatic carbocycles. The zero-order valence-electron chi connectivity index (χ0n) is 18.6. The van der Waals surface area contributed by atoms with Crippen LogP contribution in [-0.2, 0) is 9.59 Å². The Bertz CT molecular complexity index is 1250. The second kappa shape index (κ2) is 8.64. The SMILES string of the molecule is CCN(C1=C(c2ccc(C)cc2C)C(=O)N(c2ccc(C)c(Cl)c2)C1=O)c1ccccc1. The van der Waals surface area contributed by atoms with E-state index in [4.69, 9.17) is 11.6 Å². The molecule has 4 nitrogen and oxygen atoms in total. The molecule has 4 rings (SSSR count). The van der Waals surface area contributed by atoms with Crippen molar-refractivity contribution in [1.82, 2.24) is 0 Å². The average Bonchev–Trinajstić information content (AvgIpc) is 3.02. The number of amides is 2. The fraction of sp³-hybridized carbons (Fsp3) is 0.185. The van der Waals surface area contributed by atoms with Gasteiger partial charge in [-0.2, -0.15) is 0 Å². The molecule has 1 aliphatic rings. The molecule has 2 amide bonds. The van der Waals surface area contributed by atoms with E-state index in [0.717, 1.165) is 27.9 Å². The van der Waals surface area contributed by atoms with Gasteiger partial charge in [0.1, 0.15) is 5.70 Å². The minimum atomic E-state index is -0.351. The van der Waals surface area contributed by atoms with Gasteiger partial charge in [0.25, 0.3) is 11.8 Å². The summed E-state index contributed by atoms with van der Waals surface area (Å²) in [6, 6.07) is 20.8. The van der Waals surface area contributed by atoms with Crippen LogP contribution in [0.25, 0.3) is 5.57 Å². The minimum absolute atomic E-state index is 0.341. The van der Waals surface area contributed by atoms with Crippen molar-refractivity contribution >= 4 is 40.4 Å². The summed E-state index contributed by atoms with van der Waals surface area (Å²) < 4.78 is 0. The first-order valence-corrected chi connectivity index (χ1v) is 11.0. The van der Waals surface area contributed by atoms with E-state index in [1.165, 1.54) is 4.90 Å². The van der Waals surface area contributed by atoms with Gasteiger partial charge in [0, 0.05) is 17.3 Å². The van der Waals surface area contributed by atoms with Gasteiger partial charge in [-0.15, -0.1) is 0 Å². The highest BCUT2D eigenvalue weighted by atomic mass is 35.5. The maximum Gasteiger partial charge on any atom is 0.282 e. The number of carbonyl (C=O) groups is 2. The van der Waals surface area contributed by atoms with E-state index < -0.39 is 0 Å². The summed E-state index contributed by atoms with van der Waals surface area (Å²) in [5.74, 6) is -0.693. The minimum Gasteiger partial charge on any atom is -0.337 e. The Balaban J connectivity index is 1.94. The van der Waals surface area contributed by atoms with Crippen molar-refractivity contribution < 1.29 is 9.59 Å². The van der Waals surface area contributed by atoms with E-state index in [9.17, 15) is 9.59 Å². The van der Waals surface area contributed by atoms with Gasteiger partial charge in [-0.25, -0.2) is 4.90 Å². The Morgan fingerprint density at radius 1 is 0.844 bits per heavy atom. The van der Waals surface area contributed by atoms with Gasteiger partial charge >= 0.3 is 0 Å². The summed E-state index contributed by atoms with van der Waals surface area (Å²) in [7, 11) is 0. The lowest BCUT2D eigenvalue weighted by Crippen LogP contribution is -2.35. The number of hydrogen-bond donors (Lipinski definition) is 0. The summed E-state index contributed by atoms with van der Waals surface area (Å²) in [6.45, 7) is 8.38. The van der Waals surface area contributed by atoms with Gasteiger partial charge in [-0.1, -0.05) is 59.6 Å². The van der Waals surface area contributed by atoms with Crippen molar-refractivity contribution in [2.24, 2.45) is 0 Å². The van der Waals surface area contributed by atoms with Crippen LogP contribution in [0.15, 0.2) is 72.4 Å². The van der Waals surface area contributed by atoms with E-state index in [-0.39, 0.29) is 11.8 Å². The quantitative estimate of drug-likeness (QED) is 0.448. The largest absolute Gasteiger partial charge is 0.337 e. The summed E-state index contributed by atoms with van der Waals surface area (Å²) in [6.07, 6.45) is 0. The van der Waals surface area contributed by atoms with E-state index >= 15 is 0 Å². The van der Waals surface area contributed by atoms with Crippen LogP contribution in [0, 0.1) is 20.8 Å². The lowest BCUT2D eigenvalue weighted by atomic mass is 9.97. The van der Waals surface area contributed by atoms with Crippen LogP contribution in [-0.4, -0.2) is 18.4 Å². The molecule has 0 N–H and O–H groups in total. The lowest BCUT2D eigenvalue weighted by Gasteiger charge is -2.25. The highest BCUT2D eigenvalue weighted by molar-refractivity contribution is 6.46. The fourth-order valence-electron chi connectivity index (χ4n) is 4.14. The smallest absolute Gasteiger partial charge is 0.282 e. The molecule has 1 aliphatic heterocycles. The number of likely N-dealkylation sites (N-methyl/N-ethyl adjacent to an activating group) is 1. The first-order chi connectivity index (χ1) is 15.3. The van der Waals surface area contributed by atoms with E-state index in [2.05, 4.69) is 0 Å². The normalized spacial score (nSPS) is 13.8. The Morgan fingerprint density at radius 2 is 1.56 bits per heavy atom. The van der Waals surface area contributed by atoms with Gasteiger partial charge < -0.3 is 4.90 Å². The first-order valence-electron chi connectivity index (χ1n) is 10.6. The Morgan fingerprint density at radius 3 is 2.19 bits per heavy atom. The van der Waals surface area contributed by atoms with Crippen LogP contribution in [0.2, 0.25) is 5.02 Å². The molecule has 1 heterocycles. The molecular formula is C27H25ClN2O2. The monoisotopic (exact) mass is 444 g/mol. The van der Waals surface area contributed by atoms with E-state index in [0.29, 0.717) is 28.5 Å². The van der Waals surface area contributed by atoms with E-state index in [1.807, 2.05) is 87.2 Å². The number of hydrogen-bond acceptors (Lipinski definition) is 3. The summed E-state index contributed by atoms with van der Waals surface area (Å²) in [4.78, 5) is 30.7. The highest BCUT2D eigenvalue weighted by Crippen LogP contribution is 2.38. The third kappa shape index (κ3) is 3.71. The predicted octanol–water partition coefficient (Wildman–Crippen LogP) is 6.08. The van der Waals surface area contributed by atoms with Crippen LogP contribution < -0.4 is 9.80 Å². The molecular weight excluding hydrogens is 420 g/mol. The third-order valence-corrected chi connectivity index (χ3v) is 6.19. The van der Waals surface area contributed by atoms with E-state index in [1.54, 1.807) is 12.1 Å². The molecule has 32 heavy (non-hydrogen) atoms. The van der Waals surface area contributed by atoms with Gasteiger partial charge in [0.15, 0.2) is 0 Å². The van der Waals surface area contributed by atoms with Crippen LogP contribution in [0.1, 0.15) is 29.2 Å². The molecule has 3 aromatic rings. The number of halogens is 1. The number of para-hydroxylation sites is 1. The maximum atomic E-state index is 13.8. The van der Waals surface area contributed by atoms with Gasteiger partial charge in [0.05, 0.1) is 11.3 Å². The number of anilines is 2. The number of nitrogens with zero attached hydrogens (tertiary/aromatic N) is 2. The van der Waals surface area contributed by atoms with Crippen molar-refractivity contribution in [3.63, 3.8) is 0 Å². The first kappa shape index (κ1) is 21.8. The maximum absolute atomic E-state index is 13.8. The van der Waals surface area contributed by atoms with Crippen molar-refractivity contribution in [3.8, 4) is 0 Å². The zero-order valence-corrected chi connectivity index (χ0v) is 19.4. The molecule has 0 bridgehead atoms. The van der Waals surface area contributed by atoms with Gasteiger partial charge in [0.2, 0.25) is 0 Å². The molecule has 162 valence electrons.